The van der Waals surface area contributed by atoms with Gasteiger partial charge in [0.15, 0.2) is 11.6 Å². The Kier molecular flexibility index (Phi) is 3.61. The molecule has 1 unspecified atom stereocenters. The Balaban J connectivity index is 2.66. The molecule has 1 aromatic rings. The Labute approximate surface area is 120 Å². The third kappa shape index (κ3) is 2.43. The van der Waals surface area contributed by atoms with Gasteiger partial charge in [0.2, 0.25) is 0 Å². The first-order valence-corrected chi connectivity index (χ1v) is 6.52. The molecule has 114 valence electrons. The molecule has 1 heterocycles. The van der Waals surface area contributed by atoms with Crippen molar-refractivity contribution < 1.29 is 23.5 Å². The lowest BCUT2D eigenvalue weighted by atomic mass is 9.95. The van der Waals surface area contributed by atoms with Crippen molar-refractivity contribution in [2.75, 3.05) is 10.2 Å². The third-order valence-corrected chi connectivity index (χ3v) is 3.48. The second kappa shape index (κ2) is 4.98. The average molecular weight is 298 g/mol. The molecule has 0 saturated heterocycles. The summed E-state index contributed by atoms with van der Waals surface area (Å²) in [6.07, 6.45) is 0.148. The van der Waals surface area contributed by atoms with E-state index in [1.54, 1.807) is 20.8 Å². The van der Waals surface area contributed by atoms with Crippen LogP contribution in [0, 0.1) is 11.6 Å². The molecule has 0 aromatic heterocycles. The Hall–Kier alpha value is -2.18. The molecule has 7 heteroatoms. The molecule has 1 aliphatic heterocycles. The van der Waals surface area contributed by atoms with Gasteiger partial charge in [-0.25, -0.2) is 13.6 Å². The molecule has 2 rings (SSSR count). The summed E-state index contributed by atoms with van der Waals surface area (Å²) in [7, 11) is 0. The first kappa shape index (κ1) is 15.2. The quantitative estimate of drug-likeness (QED) is 0.899. The van der Waals surface area contributed by atoms with Crippen LogP contribution < -0.4 is 10.2 Å². The summed E-state index contributed by atoms with van der Waals surface area (Å²) in [5.74, 6) is -3.89. The van der Waals surface area contributed by atoms with Gasteiger partial charge in [-0.1, -0.05) is 6.92 Å². The van der Waals surface area contributed by atoms with E-state index < -0.39 is 35.1 Å². The van der Waals surface area contributed by atoms with Gasteiger partial charge in [0, 0.05) is 12.1 Å². The monoisotopic (exact) mass is 298 g/mol. The zero-order valence-corrected chi connectivity index (χ0v) is 11.9. The number of fused-ring (bicyclic) bond motifs is 1. The lowest BCUT2D eigenvalue weighted by molar-refractivity contribution is -0.140. The van der Waals surface area contributed by atoms with Gasteiger partial charge in [0.25, 0.3) is 5.91 Å². The Morgan fingerprint density at radius 2 is 1.95 bits per heavy atom. The maximum atomic E-state index is 13.5. The summed E-state index contributed by atoms with van der Waals surface area (Å²) in [4.78, 5) is 24.9. The summed E-state index contributed by atoms with van der Waals surface area (Å²) in [5, 5.41) is 12.1. The lowest BCUT2D eigenvalue weighted by Crippen LogP contribution is -2.58. The van der Waals surface area contributed by atoms with Gasteiger partial charge in [-0.05, 0) is 20.3 Å². The van der Waals surface area contributed by atoms with Gasteiger partial charge in [-0.2, -0.15) is 0 Å². The molecule has 1 aromatic carbocycles. The van der Waals surface area contributed by atoms with Crippen molar-refractivity contribution >= 4 is 23.3 Å². The number of hydrogen-bond donors (Lipinski definition) is 2. The largest absolute Gasteiger partial charge is 0.480 e. The number of hydrogen-bond acceptors (Lipinski definition) is 3. The first-order chi connectivity index (χ1) is 9.69. The van der Waals surface area contributed by atoms with Gasteiger partial charge < -0.3 is 10.4 Å². The maximum Gasteiger partial charge on any atom is 0.326 e. The molecule has 0 spiro atoms. The van der Waals surface area contributed by atoms with Crippen LogP contribution in [-0.4, -0.2) is 28.6 Å². The molecule has 1 atom stereocenters. The third-order valence-electron chi connectivity index (χ3n) is 3.48. The SMILES string of the molecule is CCC(C(=O)O)N1C(=O)C(C)(C)Nc2cc(F)c(F)cc21. The smallest absolute Gasteiger partial charge is 0.326 e. The molecule has 0 fully saturated rings. The van der Waals surface area contributed by atoms with Crippen molar-refractivity contribution in [2.45, 2.75) is 38.8 Å². The van der Waals surface area contributed by atoms with Gasteiger partial charge in [-0.15, -0.1) is 0 Å². The average Bonchev–Trinajstić information content (AvgIpc) is 2.37. The highest BCUT2D eigenvalue weighted by Crippen LogP contribution is 2.38. The fourth-order valence-electron chi connectivity index (χ4n) is 2.41. The number of carbonyl (C=O) groups is 2. The number of amides is 1. The van der Waals surface area contributed by atoms with Crippen molar-refractivity contribution in [1.82, 2.24) is 0 Å². The number of halogens is 2. The highest BCUT2D eigenvalue weighted by molar-refractivity contribution is 6.10. The molecular weight excluding hydrogens is 282 g/mol. The van der Waals surface area contributed by atoms with E-state index in [1.807, 2.05) is 0 Å². The van der Waals surface area contributed by atoms with Crippen LogP contribution in [0.15, 0.2) is 12.1 Å². The molecule has 0 radical (unpaired) electrons. The van der Waals surface area contributed by atoms with Crippen LogP contribution in [0.25, 0.3) is 0 Å². The van der Waals surface area contributed by atoms with Gasteiger partial charge in [0.1, 0.15) is 11.6 Å². The topological polar surface area (TPSA) is 69.6 Å². The van der Waals surface area contributed by atoms with Crippen molar-refractivity contribution in [3.8, 4) is 0 Å². The van der Waals surface area contributed by atoms with E-state index in [1.165, 1.54) is 0 Å². The van der Waals surface area contributed by atoms with Crippen LogP contribution in [0.5, 0.6) is 0 Å². The predicted molar refractivity (Wildman–Crippen MR) is 73.3 cm³/mol. The number of anilines is 2. The molecular formula is C14H16F2N2O3. The van der Waals surface area contributed by atoms with E-state index in [4.69, 9.17) is 0 Å². The van der Waals surface area contributed by atoms with Crippen LogP contribution in [0.1, 0.15) is 27.2 Å². The van der Waals surface area contributed by atoms with E-state index in [-0.39, 0.29) is 17.8 Å². The van der Waals surface area contributed by atoms with Crippen molar-refractivity contribution in [3.63, 3.8) is 0 Å². The number of rotatable bonds is 3. The number of nitrogens with zero attached hydrogens (tertiary/aromatic N) is 1. The minimum Gasteiger partial charge on any atom is -0.480 e. The van der Waals surface area contributed by atoms with Crippen LogP contribution in [-0.2, 0) is 9.59 Å². The minimum atomic E-state index is -1.20. The fraction of sp³-hybridized carbons (Fsp3) is 0.429. The molecule has 1 aliphatic rings. The van der Waals surface area contributed by atoms with E-state index in [0.29, 0.717) is 0 Å². The zero-order valence-electron chi connectivity index (χ0n) is 11.9. The zero-order chi connectivity index (χ0) is 15.9. The van der Waals surface area contributed by atoms with Crippen LogP contribution in [0.4, 0.5) is 20.2 Å². The summed E-state index contributed by atoms with van der Waals surface area (Å²) in [5.41, 5.74) is -0.883. The summed E-state index contributed by atoms with van der Waals surface area (Å²) in [6.45, 7) is 4.73. The normalized spacial score (nSPS) is 18.0. The summed E-state index contributed by atoms with van der Waals surface area (Å²) >= 11 is 0. The number of carbonyl (C=O) groups excluding carboxylic acids is 1. The molecule has 2 N–H and O–H groups in total. The Bertz CT molecular complexity index is 616. The molecule has 0 saturated carbocycles. The second-order valence-corrected chi connectivity index (χ2v) is 5.47. The molecule has 1 amide bonds. The standard InChI is InChI=1S/C14H16F2N2O3/c1-4-10(12(19)20)18-11-6-8(16)7(15)5-9(11)17-14(2,3)13(18)21/h5-6,10,17H,4H2,1-3H3,(H,19,20). The number of carboxylic acids is 1. The van der Waals surface area contributed by atoms with Crippen molar-refractivity contribution in [3.05, 3.63) is 23.8 Å². The van der Waals surface area contributed by atoms with Gasteiger partial charge >= 0.3 is 5.97 Å². The number of carboxylic acid groups (broad SMARTS) is 1. The number of benzene rings is 1. The van der Waals surface area contributed by atoms with Crippen molar-refractivity contribution in [1.29, 1.82) is 0 Å². The Morgan fingerprint density at radius 1 is 1.38 bits per heavy atom. The van der Waals surface area contributed by atoms with E-state index in [0.717, 1.165) is 17.0 Å². The lowest BCUT2D eigenvalue weighted by Gasteiger charge is -2.42. The summed E-state index contributed by atoms with van der Waals surface area (Å²) < 4.78 is 26.9. The highest BCUT2D eigenvalue weighted by Gasteiger charge is 2.43. The second-order valence-electron chi connectivity index (χ2n) is 5.47. The number of aliphatic carboxylic acids is 1. The van der Waals surface area contributed by atoms with E-state index in [2.05, 4.69) is 5.32 Å². The van der Waals surface area contributed by atoms with Crippen LogP contribution >= 0.6 is 0 Å². The summed E-state index contributed by atoms with van der Waals surface area (Å²) in [6, 6.07) is 0.638. The first-order valence-electron chi connectivity index (χ1n) is 6.52. The predicted octanol–water partition coefficient (Wildman–Crippen LogP) is 2.37. The van der Waals surface area contributed by atoms with Gasteiger partial charge in [0.05, 0.1) is 11.4 Å². The number of nitrogens with one attached hydrogen (secondary N) is 1. The van der Waals surface area contributed by atoms with Gasteiger partial charge in [-0.3, -0.25) is 9.69 Å². The van der Waals surface area contributed by atoms with Crippen LogP contribution in [0.2, 0.25) is 0 Å². The molecule has 0 bridgehead atoms. The van der Waals surface area contributed by atoms with E-state index >= 15 is 0 Å². The maximum absolute atomic E-state index is 13.5. The molecule has 21 heavy (non-hydrogen) atoms. The highest BCUT2D eigenvalue weighted by atomic mass is 19.2. The fourth-order valence-corrected chi connectivity index (χ4v) is 2.41. The Morgan fingerprint density at radius 3 is 2.48 bits per heavy atom. The molecule has 0 aliphatic carbocycles. The molecule has 5 nitrogen and oxygen atoms in total. The minimum absolute atomic E-state index is 0.0347. The van der Waals surface area contributed by atoms with E-state index in [9.17, 15) is 23.5 Å². The van der Waals surface area contributed by atoms with Crippen molar-refractivity contribution in [2.24, 2.45) is 0 Å². The van der Waals surface area contributed by atoms with Crippen LogP contribution in [0.3, 0.4) is 0 Å².